The molecule has 0 aromatic heterocycles. The Morgan fingerprint density at radius 2 is 2.00 bits per heavy atom. The Bertz CT molecular complexity index is 570. The average Bonchev–Trinajstić information content (AvgIpc) is 2.38. The normalized spacial score (nSPS) is 12.2. The Kier molecular flexibility index (Phi) is 4.40. The predicted octanol–water partition coefficient (Wildman–Crippen LogP) is 4.11. The minimum Gasteiger partial charge on any atom is -0.488 e. The first-order valence-electron chi connectivity index (χ1n) is 5.91. The van der Waals surface area contributed by atoms with Gasteiger partial charge in [0.1, 0.15) is 18.2 Å². The van der Waals surface area contributed by atoms with E-state index in [0.717, 1.165) is 0 Å². The molecule has 0 fully saturated rings. The molecule has 0 radical (unpaired) electrons. The molecule has 1 atom stereocenters. The smallest absolute Gasteiger partial charge is 0.129 e. The van der Waals surface area contributed by atoms with Crippen LogP contribution in [-0.2, 0) is 6.61 Å². The van der Waals surface area contributed by atoms with Crippen LogP contribution >= 0.6 is 11.6 Å². The molecule has 0 aliphatic carbocycles. The van der Waals surface area contributed by atoms with Gasteiger partial charge in [-0.15, -0.1) is 0 Å². The summed E-state index contributed by atoms with van der Waals surface area (Å²) in [4.78, 5) is 0. The van der Waals surface area contributed by atoms with Crippen LogP contribution in [0.25, 0.3) is 0 Å². The topological polar surface area (TPSA) is 29.5 Å². The molecular weight excluding hydrogens is 267 g/mol. The fourth-order valence-electron chi connectivity index (χ4n) is 1.75. The van der Waals surface area contributed by atoms with Gasteiger partial charge in [-0.1, -0.05) is 29.8 Å². The molecule has 0 spiro atoms. The van der Waals surface area contributed by atoms with Crippen molar-refractivity contribution in [1.29, 1.82) is 0 Å². The highest BCUT2D eigenvalue weighted by Crippen LogP contribution is 2.29. The second-order valence-electron chi connectivity index (χ2n) is 4.24. The Morgan fingerprint density at radius 1 is 1.26 bits per heavy atom. The number of aliphatic hydroxyl groups is 1. The lowest BCUT2D eigenvalue weighted by Gasteiger charge is -2.14. The van der Waals surface area contributed by atoms with Crippen molar-refractivity contribution in [2.75, 3.05) is 0 Å². The summed E-state index contributed by atoms with van der Waals surface area (Å²) in [5.74, 6) is 0.192. The molecule has 0 aliphatic heterocycles. The molecule has 2 rings (SSSR count). The lowest BCUT2D eigenvalue weighted by atomic mass is 10.1. The summed E-state index contributed by atoms with van der Waals surface area (Å²) in [5, 5.41) is 10.2. The van der Waals surface area contributed by atoms with E-state index in [1.54, 1.807) is 43.3 Å². The third kappa shape index (κ3) is 3.46. The Morgan fingerprint density at radius 3 is 2.68 bits per heavy atom. The second kappa shape index (κ2) is 6.04. The molecule has 1 N–H and O–H groups in total. The largest absolute Gasteiger partial charge is 0.488 e. The van der Waals surface area contributed by atoms with Crippen LogP contribution in [0.2, 0.25) is 5.02 Å². The third-order valence-electron chi connectivity index (χ3n) is 2.76. The highest BCUT2D eigenvalue weighted by atomic mass is 35.5. The van der Waals surface area contributed by atoms with E-state index >= 15 is 0 Å². The maximum atomic E-state index is 13.5. The first kappa shape index (κ1) is 13.8. The molecule has 0 unspecified atom stereocenters. The van der Waals surface area contributed by atoms with E-state index < -0.39 is 6.10 Å². The summed E-state index contributed by atoms with van der Waals surface area (Å²) >= 11 is 5.88. The third-order valence-corrected chi connectivity index (χ3v) is 3.00. The summed E-state index contributed by atoms with van der Waals surface area (Å²) in [6, 6.07) is 11.4. The van der Waals surface area contributed by atoms with Crippen LogP contribution in [0.4, 0.5) is 4.39 Å². The van der Waals surface area contributed by atoms with E-state index in [1.807, 2.05) is 0 Å². The Balaban J connectivity index is 2.18. The molecule has 2 aromatic carbocycles. The molecule has 0 saturated heterocycles. The van der Waals surface area contributed by atoms with Gasteiger partial charge in [0.05, 0.1) is 6.10 Å². The van der Waals surface area contributed by atoms with E-state index in [9.17, 15) is 9.50 Å². The highest BCUT2D eigenvalue weighted by molar-refractivity contribution is 6.30. The van der Waals surface area contributed by atoms with Crippen molar-refractivity contribution in [3.63, 3.8) is 0 Å². The van der Waals surface area contributed by atoms with Gasteiger partial charge in [-0.3, -0.25) is 0 Å². The lowest BCUT2D eigenvalue weighted by molar-refractivity contribution is 0.190. The number of hydrogen-bond donors (Lipinski definition) is 1. The van der Waals surface area contributed by atoms with Crippen molar-refractivity contribution in [3.05, 3.63) is 64.4 Å². The van der Waals surface area contributed by atoms with Gasteiger partial charge in [0, 0.05) is 16.1 Å². The van der Waals surface area contributed by atoms with E-state index in [4.69, 9.17) is 16.3 Å². The molecule has 2 aromatic rings. The molecule has 0 aliphatic rings. The fraction of sp³-hybridized carbons (Fsp3) is 0.200. The quantitative estimate of drug-likeness (QED) is 0.913. The van der Waals surface area contributed by atoms with Crippen molar-refractivity contribution < 1.29 is 14.2 Å². The monoisotopic (exact) mass is 280 g/mol. The highest BCUT2D eigenvalue weighted by Gasteiger charge is 2.11. The second-order valence-corrected chi connectivity index (χ2v) is 4.67. The van der Waals surface area contributed by atoms with Crippen LogP contribution in [0.1, 0.15) is 24.2 Å². The number of halogens is 2. The van der Waals surface area contributed by atoms with Crippen molar-refractivity contribution in [1.82, 2.24) is 0 Å². The standard InChI is InChI=1S/C15H14ClFO2/c1-10(18)13-8-12(16)6-7-15(13)19-9-11-4-2-3-5-14(11)17/h2-8,10,18H,9H2,1H3/t10-/m0/s1. The fourth-order valence-corrected chi connectivity index (χ4v) is 1.93. The number of aliphatic hydroxyl groups excluding tert-OH is 1. The summed E-state index contributed by atoms with van der Waals surface area (Å²) in [5.41, 5.74) is 1.05. The number of benzene rings is 2. The molecule has 19 heavy (non-hydrogen) atoms. The number of ether oxygens (including phenoxy) is 1. The maximum Gasteiger partial charge on any atom is 0.129 e. The molecule has 0 heterocycles. The Labute approximate surface area is 116 Å². The van der Waals surface area contributed by atoms with E-state index in [-0.39, 0.29) is 12.4 Å². The Hall–Kier alpha value is -1.58. The first-order chi connectivity index (χ1) is 9.08. The van der Waals surface area contributed by atoms with Crippen LogP contribution in [0.3, 0.4) is 0 Å². The molecule has 100 valence electrons. The first-order valence-corrected chi connectivity index (χ1v) is 6.29. The molecule has 0 amide bonds. The van der Waals surface area contributed by atoms with E-state index in [1.165, 1.54) is 6.07 Å². The molecule has 0 bridgehead atoms. The summed E-state index contributed by atoms with van der Waals surface area (Å²) in [6.07, 6.45) is -0.700. The molecule has 0 saturated carbocycles. The van der Waals surface area contributed by atoms with Gasteiger partial charge < -0.3 is 9.84 Å². The van der Waals surface area contributed by atoms with Crippen molar-refractivity contribution >= 4 is 11.6 Å². The summed E-state index contributed by atoms with van der Waals surface area (Å²) in [6.45, 7) is 1.73. The predicted molar refractivity (Wildman–Crippen MR) is 72.8 cm³/mol. The number of rotatable bonds is 4. The van der Waals surface area contributed by atoms with Gasteiger partial charge in [-0.2, -0.15) is 0 Å². The van der Waals surface area contributed by atoms with Crippen LogP contribution in [-0.4, -0.2) is 5.11 Å². The van der Waals surface area contributed by atoms with E-state index in [0.29, 0.717) is 21.9 Å². The average molecular weight is 281 g/mol. The van der Waals surface area contributed by atoms with Gasteiger partial charge in [0.25, 0.3) is 0 Å². The zero-order valence-corrected chi connectivity index (χ0v) is 11.2. The van der Waals surface area contributed by atoms with Crippen LogP contribution in [0.15, 0.2) is 42.5 Å². The minimum absolute atomic E-state index is 0.105. The van der Waals surface area contributed by atoms with E-state index in [2.05, 4.69) is 0 Å². The van der Waals surface area contributed by atoms with Crippen molar-refractivity contribution in [2.24, 2.45) is 0 Å². The van der Waals surface area contributed by atoms with Crippen LogP contribution in [0.5, 0.6) is 5.75 Å². The van der Waals surface area contributed by atoms with Gasteiger partial charge in [-0.25, -0.2) is 4.39 Å². The van der Waals surface area contributed by atoms with Gasteiger partial charge in [0.15, 0.2) is 0 Å². The number of hydrogen-bond acceptors (Lipinski definition) is 2. The van der Waals surface area contributed by atoms with Gasteiger partial charge in [0.2, 0.25) is 0 Å². The lowest BCUT2D eigenvalue weighted by Crippen LogP contribution is -2.02. The minimum atomic E-state index is -0.700. The van der Waals surface area contributed by atoms with Gasteiger partial charge >= 0.3 is 0 Å². The van der Waals surface area contributed by atoms with Crippen LogP contribution in [0, 0.1) is 5.82 Å². The molecular formula is C15H14ClFO2. The van der Waals surface area contributed by atoms with Crippen LogP contribution < -0.4 is 4.74 Å². The SMILES string of the molecule is C[C@H](O)c1cc(Cl)ccc1OCc1ccccc1F. The maximum absolute atomic E-state index is 13.5. The van der Waals surface area contributed by atoms with Crippen molar-refractivity contribution in [2.45, 2.75) is 19.6 Å². The zero-order valence-electron chi connectivity index (χ0n) is 10.4. The summed E-state index contributed by atoms with van der Waals surface area (Å²) in [7, 11) is 0. The summed E-state index contributed by atoms with van der Waals surface area (Å²) < 4.78 is 19.0. The molecule has 2 nitrogen and oxygen atoms in total. The molecule has 4 heteroatoms. The van der Waals surface area contributed by atoms with Gasteiger partial charge in [-0.05, 0) is 31.2 Å². The van der Waals surface area contributed by atoms with Crippen molar-refractivity contribution in [3.8, 4) is 5.75 Å². The zero-order chi connectivity index (χ0) is 13.8.